The van der Waals surface area contributed by atoms with E-state index in [9.17, 15) is 13.2 Å². The second-order valence-electron chi connectivity index (χ2n) is 7.24. The summed E-state index contributed by atoms with van der Waals surface area (Å²) in [6.07, 6.45) is 1.31. The van der Waals surface area contributed by atoms with Crippen LogP contribution >= 0.6 is 0 Å². The summed E-state index contributed by atoms with van der Waals surface area (Å²) in [6.45, 7) is 4.08. The van der Waals surface area contributed by atoms with Gasteiger partial charge in [-0.3, -0.25) is 9.10 Å². The number of Topliss-reactive ketones (excluding diaryl/α,β-unsaturated/α-hetero) is 1. The standard InChI is InChI=1S/C24H22N2O3S/c1-17-9-8-13-21(18(17)2)25-15-23-24(27)20-12-6-7-14-22(20)26(30(23,28)29)16-19-10-4-3-5-11-19/h3-15,25H,16H2,1-2H3. The maximum Gasteiger partial charge on any atom is 0.270 e. The Balaban J connectivity index is 1.80. The van der Waals surface area contributed by atoms with Crippen LogP contribution in [0.5, 0.6) is 0 Å². The topological polar surface area (TPSA) is 66.5 Å². The minimum atomic E-state index is -4.04. The van der Waals surface area contributed by atoms with Gasteiger partial charge in [0, 0.05) is 17.5 Å². The van der Waals surface area contributed by atoms with Crippen LogP contribution in [0.1, 0.15) is 27.0 Å². The van der Waals surface area contributed by atoms with Gasteiger partial charge in [0.05, 0.1) is 12.2 Å². The predicted octanol–water partition coefficient (Wildman–Crippen LogP) is 4.79. The average molecular weight is 419 g/mol. The van der Waals surface area contributed by atoms with Crippen molar-refractivity contribution in [2.24, 2.45) is 0 Å². The fourth-order valence-electron chi connectivity index (χ4n) is 3.49. The van der Waals surface area contributed by atoms with Gasteiger partial charge in [-0.25, -0.2) is 8.42 Å². The van der Waals surface area contributed by atoms with Gasteiger partial charge in [0.15, 0.2) is 4.91 Å². The van der Waals surface area contributed by atoms with Crippen molar-refractivity contribution in [1.29, 1.82) is 0 Å². The molecule has 0 bridgehead atoms. The summed E-state index contributed by atoms with van der Waals surface area (Å²) in [7, 11) is -4.04. The van der Waals surface area contributed by atoms with Crippen molar-refractivity contribution in [3.05, 3.63) is 106 Å². The average Bonchev–Trinajstić information content (AvgIpc) is 2.74. The van der Waals surface area contributed by atoms with Crippen LogP contribution in [-0.4, -0.2) is 14.2 Å². The minimum Gasteiger partial charge on any atom is -0.360 e. The van der Waals surface area contributed by atoms with Gasteiger partial charge >= 0.3 is 0 Å². The number of fused-ring (bicyclic) bond motifs is 1. The first kappa shape index (κ1) is 19.9. The molecule has 1 aliphatic rings. The number of carbonyl (C=O) groups excluding carboxylic acids is 1. The van der Waals surface area contributed by atoms with Crippen LogP contribution in [0.3, 0.4) is 0 Å². The number of ketones is 1. The first-order chi connectivity index (χ1) is 14.4. The third-order valence-electron chi connectivity index (χ3n) is 5.34. The van der Waals surface area contributed by atoms with E-state index in [1.165, 1.54) is 10.5 Å². The number of sulfonamides is 1. The summed E-state index contributed by atoms with van der Waals surface area (Å²) in [5, 5.41) is 3.04. The molecule has 3 aromatic carbocycles. The van der Waals surface area contributed by atoms with E-state index in [0.717, 1.165) is 22.4 Å². The molecule has 152 valence electrons. The lowest BCUT2D eigenvalue weighted by molar-refractivity contribution is 0.104. The number of nitrogens with one attached hydrogen (secondary N) is 1. The quantitative estimate of drug-likeness (QED) is 0.619. The molecule has 1 aliphatic heterocycles. The number of nitrogens with zero attached hydrogens (tertiary/aromatic N) is 1. The molecule has 3 aromatic rings. The second-order valence-corrected chi connectivity index (χ2v) is 9.07. The van der Waals surface area contributed by atoms with Crippen molar-refractivity contribution in [1.82, 2.24) is 0 Å². The maximum atomic E-state index is 13.5. The molecular weight excluding hydrogens is 396 g/mol. The van der Waals surface area contributed by atoms with Crippen LogP contribution < -0.4 is 9.62 Å². The van der Waals surface area contributed by atoms with Crippen LogP contribution in [0, 0.1) is 13.8 Å². The molecule has 5 nitrogen and oxygen atoms in total. The molecule has 0 atom stereocenters. The number of rotatable bonds is 4. The Labute approximate surface area is 176 Å². The number of benzene rings is 3. The monoisotopic (exact) mass is 418 g/mol. The Bertz CT molecular complexity index is 1250. The van der Waals surface area contributed by atoms with E-state index in [2.05, 4.69) is 5.32 Å². The highest BCUT2D eigenvalue weighted by molar-refractivity contribution is 7.97. The van der Waals surface area contributed by atoms with Gasteiger partial charge in [-0.1, -0.05) is 54.6 Å². The van der Waals surface area contributed by atoms with Crippen LogP contribution in [0.15, 0.2) is 83.9 Å². The summed E-state index contributed by atoms with van der Waals surface area (Å²) in [4.78, 5) is 12.8. The highest BCUT2D eigenvalue weighted by atomic mass is 32.2. The zero-order chi connectivity index (χ0) is 21.3. The Morgan fingerprint density at radius 1 is 0.900 bits per heavy atom. The molecule has 0 unspecified atom stereocenters. The molecule has 0 saturated carbocycles. The van der Waals surface area contributed by atoms with Crippen LogP contribution in [0.4, 0.5) is 11.4 Å². The zero-order valence-corrected chi connectivity index (χ0v) is 17.6. The van der Waals surface area contributed by atoms with Crippen molar-refractivity contribution >= 4 is 27.2 Å². The molecule has 0 amide bonds. The van der Waals surface area contributed by atoms with E-state index in [1.807, 2.05) is 62.4 Å². The van der Waals surface area contributed by atoms with Crippen molar-refractivity contribution in [3.8, 4) is 0 Å². The van der Waals surface area contributed by atoms with Crippen molar-refractivity contribution in [3.63, 3.8) is 0 Å². The summed E-state index contributed by atoms with van der Waals surface area (Å²) < 4.78 is 28.2. The van der Waals surface area contributed by atoms with Crippen molar-refractivity contribution in [2.75, 3.05) is 9.62 Å². The highest BCUT2D eigenvalue weighted by Gasteiger charge is 2.40. The van der Waals surface area contributed by atoms with E-state index in [1.54, 1.807) is 24.3 Å². The molecule has 1 N–H and O–H groups in total. The van der Waals surface area contributed by atoms with Gasteiger partial charge in [0.1, 0.15) is 0 Å². The van der Waals surface area contributed by atoms with E-state index in [4.69, 9.17) is 0 Å². The van der Waals surface area contributed by atoms with E-state index in [-0.39, 0.29) is 11.4 Å². The second kappa shape index (κ2) is 7.80. The number of hydrogen-bond donors (Lipinski definition) is 1. The molecule has 6 heteroatoms. The van der Waals surface area contributed by atoms with Crippen molar-refractivity contribution in [2.45, 2.75) is 20.4 Å². The number of hydrogen-bond acceptors (Lipinski definition) is 4. The van der Waals surface area contributed by atoms with Gasteiger partial charge < -0.3 is 5.32 Å². The van der Waals surface area contributed by atoms with Crippen LogP contribution in [0.2, 0.25) is 0 Å². The molecule has 4 rings (SSSR count). The van der Waals surface area contributed by atoms with Gasteiger partial charge in [-0.2, -0.15) is 0 Å². The smallest absolute Gasteiger partial charge is 0.270 e. The third kappa shape index (κ3) is 3.50. The molecule has 1 heterocycles. The summed E-state index contributed by atoms with van der Waals surface area (Å²) in [6, 6.07) is 21.9. The van der Waals surface area contributed by atoms with E-state index < -0.39 is 15.8 Å². The maximum absolute atomic E-state index is 13.5. The first-order valence-electron chi connectivity index (χ1n) is 9.63. The van der Waals surface area contributed by atoms with Gasteiger partial charge in [0.25, 0.3) is 10.0 Å². The summed E-state index contributed by atoms with van der Waals surface area (Å²) in [5.74, 6) is -0.507. The lowest BCUT2D eigenvalue weighted by Crippen LogP contribution is -2.39. The molecule has 30 heavy (non-hydrogen) atoms. The number of para-hydroxylation sites is 1. The SMILES string of the molecule is Cc1cccc(NC=C2C(=O)c3ccccc3N(Cc3ccccc3)S2(=O)=O)c1C. The van der Waals surface area contributed by atoms with Crippen LogP contribution in [0.25, 0.3) is 0 Å². The normalized spacial score (nSPS) is 16.4. The molecule has 0 aromatic heterocycles. The highest BCUT2D eigenvalue weighted by Crippen LogP contribution is 2.36. The summed E-state index contributed by atoms with van der Waals surface area (Å²) in [5.41, 5.74) is 4.45. The first-order valence-corrected chi connectivity index (χ1v) is 11.1. The lowest BCUT2D eigenvalue weighted by atomic mass is 10.1. The zero-order valence-electron chi connectivity index (χ0n) is 16.8. The largest absolute Gasteiger partial charge is 0.360 e. The van der Waals surface area contributed by atoms with Crippen molar-refractivity contribution < 1.29 is 13.2 Å². The molecule has 0 aliphatic carbocycles. The Morgan fingerprint density at radius 3 is 2.37 bits per heavy atom. The number of allylic oxidation sites excluding steroid dienone is 1. The molecule has 0 fully saturated rings. The van der Waals surface area contributed by atoms with E-state index >= 15 is 0 Å². The minimum absolute atomic E-state index is 0.147. The molecular formula is C24H22N2O3S. The predicted molar refractivity (Wildman–Crippen MR) is 120 cm³/mol. The molecule has 0 spiro atoms. The fourth-order valence-corrected chi connectivity index (χ4v) is 5.02. The number of carbonyl (C=O) groups is 1. The lowest BCUT2D eigenvalue weighted by Gasteiger charge is -2.31. The third-order valence-corrected chi connectivity index (χ3v) is 7.11. The Morgan fingerprint density at radius 2 is 1.60 bits per heavy atom. The number of anilines is 2. The fraction of sp³-hybridized carbons (Fsp3) is 0.125. The molecule has 0 radical (unpaired) electrons. The van der Waals surface area contributed by atoms with Gasteiger partial charge in [0.2, 0.25) is 5.78 Å². The van der Waals surface area contributed by atoms with Gasteiger partial charge in [-0.05, 0) is 48.7 Å². The van der Waals surface area contributed by atoms with Crippen LogP contribution in [-0.2, 0) is 16.6 Å². The Hall–Kier alpha value is -3.38. The van der Waals surface area contributed by atoms with E-state index in [0.29, 0.717) is 11.3 Å². The number of aryl methyl sites for hydroxylation is 1. The van der Waals surface area contributed by atoms with Gasteiger partial charge in [-0.15, -0.1) is 0 Å². The Kier molecular flexibility index (Phi) is 5.18. The summed E-state index contributed by atoms with van der Waals surface area (Å²) >= 11 is 0. The molecule has 0 saturated heterocycles.